The highest BCUT2D eigenvalue weighted by molar-refractivity contribution is 5.95. The molecule has 0 saturated heterocycles. The number of rotatable bonds is 6. The number of nitro groups is 1. The van der Waals surface area contributed by atoms with E-state index in [9.17, 15) is 19.3 Å². The van der Waals surface area contributed by atoms with Gasteiger partial charge >= 0.3 is 0 Å². The van der Waals surface area contributed by atoms with E-state index in [0.717, 1.165) is 18.2 Å². The third-order valence-corrected chi connectivity index (χ3v) is 2.87. The molecule has 0 heterocycles. The van der Waals surface area contributed by atoms with Crippen LogP contribution in [0.5, 0.6) is 0 Å². The summed E-state index contributed by atoms with van der Waals surface area (Å²) in [5.41, 5.74) is -0.676. The van der Waals surface area contributed by atoms with Gasteiger partial charge in [0.25, 0.3) is 11.6 Å². The van der Waals surface area contributed by atoms with Crippen LogP contribution in [0, 0.1) is 21.8 Å². The standard InChI is InChI=1S/C13H17FN2O4/c1-8(2)12(7-20-3)15-13(17)10-6-9(16(18)19)4-5-11(10)14/h4-6,8,12H,7H2,1-3H3,(H,15,17). The highest BCUT2D eigenvalue weighted by Crippen LogP contribution is 2.17. The van der Waals surface area contributed by atoms with Crippen LogP contribution in [0.3, 0.4) is 0 Å². The number of amides is 1. The zero-order chi connectivity index (χ0) is 15.3. The van der Waals surface area contributed by atoms with E-state index in [4.69, 9.17) is 4.74 Å². The number of carbonyl (C=O) groups excluding carboxylic acids is 1. The Morgan fingerprint density at radius 3 is 2.65 bits per heavy atom. The summed E-state index contributed by atoms with van der Waals surface area (Å²) in [6, 6.07) is 2.55. The SMILES string of the molecule is COCC(NC(=O)c1cc([N+](=O)[O-])ccc1F)C(C)C. The first kappa shape index (κ1) is 16.0. The van der Waals surface area contributed by atoms with Crippen molar-refractivity contribution in [3.63, 3.8) is 0 Å². The first-order chi connectivity index (χ1) is 9.36. The van der Waals surface area contributed by atoms with E-state index >= 15 is 0 Å². The Balaban J connectivity index is 2.96. The van der Waals surface area contributed by atoms with E-state index in [0.29, 0.717) is 0 Å². The summed E-state index contributed by atoms with van der Waals surface area (Å²) in [5.74, 6) is -1.41. The van der Waals surface area contributed by atoms with Crippen molar-refractivity contribution >= 4 is 11.6 Å². The van der Waals surface area contributed by atoms with Crippen LogP contribution < -0.4 is 5.32 Å². The third-order valence-electron chi connectivity index (χ3n) is 2.87. The molecule has 0 aliphatic rings. The molecule has 1 amide bonds. The third kappa shape index (κ3) is 3.99. The van der Waals surface area contributed by atoms with Crippen molar-refractivity contribution < 1.29 is 18.8 Å². The lowest BCUT2D eigenvalue weighted by molar-refractivity contribution is -0.384. The molecule has 0 spiro atoms. The summed E-state index contributed by atoms with van der Waals surface area (Å²) in [7, 11) is 1.50. The molecule has 0 saturated carbocycles. The Morgan fingerprint density at radius 2 is 2.15 bits per heavy atom. The molecule has 1 rings (SSSR count). The molecular weight excluding hydrogens is 267 g/mol. The lowest BCUT2D eigenvalue weighted by Gasteiger charge is -2.21. The van der Waals surface area contributed by atoms with Crippen LogP contribution >= 0.6 is 0 Å². The smallest absolute Gasteiger partial charge is 0.270 e. The number of nitrogens with zero attached hydrogens (tertiary/aromatic N) is 1. The van der Waals surface area contributed by atoms with Crippen LogP contribution in [0.15, 0.2) is 18.2 Å². The van der Waals surface area contributed by atoms with Gasteiger partial charge in [-0.15, -0.1) is 0 Å². The van der Waals surface area contributed by atoms with E-state index in [1.54, 1.807) is 0 Å². The summed E-state index contributed by atoms with van der Waals surface area (Å²) in [6.07, 6.45) is 0. The maximum atomic E-state index is 13.6. The predicted octanol–water partition coefficient (Wildman–Crippen LogP) is 2.13. The van der Waals surface area contributed by atoms with Crippen molar-refractivity contribution in [3.05, 3.63) is 39.7 Å². The zero-order valence-electron chi connectivity index (χ0n) is 11.6. The van der Waals surface area contributed by atoms with Crippen LogP contribution in [0.1, 0.15) is 24.2 Å². The molecule has 0 aliphatic heterocycles. The first-order valence-corrected chi connectivity index (χ1v) is 6.10. The highest BCUT2D eigenvalue weighted by atomic mass is 19.1. The fourth-order valence-electron chi connectivity index (χ4n) is 1.63. The average Bonchev–Trinajstić information content (AvgIpc) is 2.38. The number of methoxy groups -OCH3 is 1. The van der Waals surface area contributed by atoms with Gasteiger partial charge in [0.05, 0.1) is 23.1 Å². The molecule has 7 heteroatoms. The van der Waals surface area contributed by atoms with E-state index < -0.39 is 16.6 Å². The molecular formula is C13H17FN2O4. The quantitative estimate of drug-likeness (QED) is 0.641. The molecule has 1 atom stereocenters. The molecule has 1 aromatic rings. The number of ether oxygens (including phenoxy) is 1. The number of hydrogen-bond donors (Lipinski definition) is 1. The predicted molar refractivity (Wildman–Crippen MR) is 71.0 cm³/mol. The first-order valence-electron chi connectivity index (χ1n) is 6.10. The molecule has 0 aliphatic carbocycles. The lowest BCUT2D eigenvalue weighted by atomic mass is 10.0. The van der Waals surface area contributed by atoms with Crippen LogP contribution in [0.25, 0.3) is 0 Å². The van der Waals surface area contributed by atoms with Gasteiger partial charge in [0.2, 0.25) is 0 Å². The lowest BCUT2D eigenvalue weighted by Crippen LogP contribution is -2.42. The highest BCUT2D eigenvalue weighted by Gasteiger charge is 2.21. The van der Waals surface area contributed by atoms with E-state index in [1.807, 2.05) is 13.8 Å². The van der Waals surface area contributed by atoms with Gasteiger partial charge < -0.3 is 10.1 Å². The van der Waals surface area contributed by atoms with Crippen molar-refractivity contribution in [3.8, 4) is 0 Å². The number of non-ortho nitro benzene ring substituents is 1. The van der Waals surface area contributed by atoms with Gasteiger partial charge in [-0.25, -0.2) is 4.39 Å². The zero-order valence-corrected chi connectivity index (χ0v) is 11.6. The van der Waals surface area contributed by atoms with E-state index in [-0.39, 0.29) is 29.8 Å². The molecule has 0 aromatic heterocycles. The van der Waals surface area contributed by atoms with Crippen LogP contribution in [-0.2, 0) is 4.74 Å². The van der Waals surface area contributed by atoms with E-state index in [2.05, 4.69) is 5.32 Å². The van der Waals surface area contributed by atoms with Crippen LogP contribution in [0.2, 0.25) is 0 Å². The Kier molecular flexibility index (Phi) is 5.57. The number of hydrogen-bond acceptors (Lipinski definition) is 4. The van der Waals surface area contributed by atoms with Gasteiger partial charge in [0, 0.05) is 19.2 Å². The Labute approximate surface area is 116 Å². The maximum absolute atomic E-state index is 13.6. The fourth-order valence-corrected chi connectivity index (χ4v) is 1.63. The van der Waals surface area contributed by atoms with Crippen LogP contribution in [-0.4, -0.2) is 30.6 Å². The number of carbonyl (C=O) groups is 1. The minimum absolute atomic E-state index is 0.0839. The summed E-state index contributed by atoms with van der Waals surface area (Å²) < 4.78 is 18.6. The molecule has 0 fully saturated rings. The summed E-state index contributed by atoms with van der Waals surface area (Å²) in [4.78, 5) is 22.0. The second kappa shape index (κ2) is 6.95. The minimum atomic E-state index is -0.798. The molecule has 0 bridgehead atoms. The number of halogens is 1. The second-order valence-electron chi connectivity index (χ2n) is 4.70. The maximum Gasteiger partial charge on any atom is 0.270 e. The molecule has 1 N–H and O–H groups in total. The van der Waals surface area contributed by atoms with Crippen molar-refractivity contribution in [2.24, 2.45) is 5.92 Å². The Hall–Kier alpha value is -2.02. The van der Waals surface area contributed by atoms with Crippen molar-refractivity contribution in [2.45, 2.75) is 19.9 Å². The topological polar surface area (TPSA) is 81.5 Å². The van der Waals surface area contributed by atoms with Crippen molar-refractivity contribution in [1.29, 1.82) is 0 Å². The largest absolute Gasteiger partial charge is 0.383 e. The van der Waals surface area contributed by atoms with Gasteiger partial charge in [-0.1, -0.05) is 13.8 Å². The Bertz CT molecular complexity index is 505. The summed E-state index contributed by atoms with van der Waals surface area (Å²) in [6.45, 7) is 4.04. The van der Waals surface area contributed by atoms with Crippen molar-refractivity contribution in [1.82, 2.24) is 5.32 Å². The molecule has 0 radical (unpaired) electrons. The molecule has 110 valence electrons. The van der Waals surface area contributed by atoms with Gasteiger partial charge in [0.1, 0.15) is 5.82 Å². The normalized spacial score (nSPS) is 12.2. The molecule has 1 aromatic carbocycles. The molecule has 20 heavy (non-hydrogen) atoms. The minimum Gasteiger partial charge on any atom is -0.383 e. The molecule has 6 nitrogen and oxygen atoms in total. The van der Waals surface area contributed by atoms with Gasteiger partial charge in [-0.3, -0.25) is 14.9 Å². The molecule has 1 unspecified atom stereocenters. The van der Waals surface area contributed by atoms with E-state index in [1.165, 1.54) is 7.11 Å². The number of nitro benzene ring substituents is 1. The Morgan fingerprint density at radius 1 is 1.50 bits per heavy atom. The fraction of sp³-hybridized carbons (Fsp3) is 0.462. The summed E-state index contributed by atoms with van der Waals surface area (Å²) >= 11 is 0. The summed E-state index contributed by atoms with van der Waals surface area (Å²) in [5, 5.41) is 13.3. The van der Waals surface area contributed by atoms with Crippen LogP contribution in [0.4, 0.5) is 10.1 Å². The number of nitrogens with one attached hydrogen (secondary N) is 1. The van der Waals surface area contributed by atoms with Crippen molar-refractivity contribution in [2.75, 3.05) is 13.7 Å². The second-order valence-corrected chi connectivity index (χ2v) is 4.70. The number of benzene rings is 1. The average molecular weight is 284 g/mol. The van der Waals surface area contributed by atoms with Gasteiger partial charge in [0.15, 0.2) is 0 Å². The van der Waals surface area contributed by atoms with Gasteiger partial charge in [-0.05, 0) is 12.0 Å². The monoisotopic (exact) mass is 284 g/mol. The van der Waals surface area contributed by atoms with Gasteiger partial charge in [-0.2, -0.15) is 0 Å².